The van der Waals surface area contributed by atoms with Gasteiger partial charge in [0.2, 0.25) is 5.91 Å². The Morgan fingerprint density at radius 3 is 2.06 bits per heavy atom. The molecule has 0 radical (unpaired) electrons. The number of aliphatic hydroxyl groups is 6. The zero-order chi connectivity index (χ0) is 40.3. The molecule has 4 rings (SSSR count). The number of aliphatic hydroxyl groups excluding tert-OH is 3. The Labute approximate surface area is 316 Å². The summed E-state index contributed by atoms with van der Waals surface area (Å²) < 4.78 is 24.7. The highest BCUT2D eigenvalue weighted by atomic mass is 32.2. The number of carbonyl (C=O) groups excluding carboxylic acids is 3. The number of amides is 3. The fourth-order valence-electron chi connectivity index (χ4n) is 8.93. The van der Waals surface area contributed by atoms with Crippen molar-refractivity contribution >= 4 is 29.7 Å². The lowest BCUT2D eigenvalue weighted by Gasteiger charge is -2.66. The summed E-state index contributed by atoms with van der Waals surface area (Å²) >= 11 is 1.80. The van der Waals surface area contributed by atoms with Crippen LogP contribution in [0.5, 0.6) is 0 Å². The summed E-state index contributed by atoms with van der Waals surface area (Å²) in [5.74, 6) is -0.139. The summed E-state index contributed by atoms with van der Waals surface area (Å²) in [5.41, 5.74) is -16.2. The molecule has 3 amide bonds. The Morgan fingerprint density at radius 2 is 1.47 bits per heavy atom. The fraction of sp³-hybridized carbons (Fsp3) is 0.917. The van der Waals surface area contributed by atoms with Gasteiger partial charge < -0.3 is 65.5 Å². The van der Waals surface area contributed by atoms with Crippen molar-refractivity contribution in [1.82, 2.24) is 16.0 Å². The molecule has 4 saturated heterocycles. The second-order valence-corrected chi connectivity index (χ2v) is 18.7. The molecule has 16 nitrogen and oxygen atoms in total. The molecule has 4 aliphatic heterocycles. The van der Waals surface area contributed by atoms with Crippen LogP contribution in [0, 0.1) is 5.41 Å². The summed E-state index contributed by atoms with van der Waals surface area (Å²) in [7, 11) is 0. The molecule has 0 spiro atoms. The van der Waals surface area contributed by atoms with Crippen LogP contribution in [0.2, 0.25) is 0 Å². The highest BCUT2D eigenvalue weighted by Gasteiger charge is 2.74. The number of nitrogens with one attached hydrogen (secondary N) is 3. The van der Waals surface area contributed by atoms with Gasteiger partial charge in [-0.15, -0.1) is 0 Å². The number of thioether (sulfide) groups is 1. The van der Waals surface area contributed by atoms with Crippen molar-refractivity contribution in [1.29, 1.82) is 0 Å². The van der Waals surface area contributed by atoms with Gasteiger partial charge in [-0.1, -0.05) is 13.3 Å². The Balaban J connectivity index is 1.52. The van der Waals surface area contributed by atoms with E-state index in [1.807, 2.05) is 0 Å². The van der Waals surface area contributed by atoms with Crippen LogP contribution >= 0.6 is 11.8 Å². The van der Waals surface area contributed by atoms with Crippen molar-refractivity contribution in [3.05, 3.63) is 0 Å². The molecule has 0 saturated carbocycles. The highest BCUT2D eigenvalue weighted by Crippen LogP contribution is 2.56. The predicted molar refractivity (Wildman–Crippen MR) is 194 cm³/mol. The van der Waals surface area contributed by atoms with Gasteiger partial charge in [0.15, 0.2) is 0 Å². The minimum atomic E-state index is -2.22. The molecule has 13 atom stereocenters. The number of fused-ring (bicyclic) bond motifs is 1. The van der Waals surface area contributed by atoms with Gasteiger partial charge in [0.1, 0.15) is 45.8 Å². The van der Waals surface area contributed by atoms with Gasteiger partial charge in [-0.3, -0.25) is 9.59 Å². The number of esters is 1. The number of rotatable bonds is 14. The van der Waals surface area contributed by atoms with Crippen LogP contribution in [-0.2, 0) is 28.5 Å². The molecule has 53 heavy (non-hydrogen) atoms. The third kappa shape index (κ3) is 6.99. The lowest BCUT2D eigenvalue weighted by molar-refractivity contribution is -0.408. The number of ether oxygens (including phenoxy) is 4. The van der Waals surface area contributed by atoms with E-state index in [9.17, 15) is 45.0 Å². The van der Waals surface area contributed by atoms with E-state index < -0.39 is 88.0 Å². The quantitative estimate of drug-likeness (QED) is 0.0634. The molecule has 10 unspecified atom stereocenters. The first-order valence-electron chi connectivity index (χ1n) is 18.3. The van der Waals surface area contributed by atoms with E-state index in [1.54, 1.807) is 32.5 Å². The van der Waals surface area contributed by atoms with Crippen LogP contribution in [0.15, 0.2) is 0 Å². The summed E-state index contributed by atoms with van der Waals surface area (Å²) in [6.45, 7) is 11.9. The molecule has 17 heteroatoms. The zero-order valence-corrected chi connectivity index (χ0v) is 33.6. The third-order valence-electron chi connectivity index (χ3n) is 13.6. The Morgan fingerprint density at radius 1 is 0.849 bits per heavy atom. The van der Waals surface area contributed by atoms with E-state index in [1.165, 1.54) is 48.5 Å². The van der Waals surface area contributed by atoms with E-state index in [0.29, 0.717) is 6.42 Å². The van der Waals surface area contributed by atoms with Crippen molar-refractivity contribution in [3.8, 4) is 0 Å². The number of urea groups is 1. The van der Waals surface area contributed by atoms with Crippen molar-refractivity contribution < 1.29 is 64.0 Å². The average molecular weight is 778 g/mol. The van der Waals surface area contributed by atoms with Gasteiger partial charge in [-0.25, -0.2) is 4.79 Å². The normalized spacial score (nSPS) is 48.1. The van der Waals surface area contributed by atoms with Crippen molar-refractivity contribution in [2.75, 3.05) is 38.8 Å². The number of hydrogen-bond acceptors (Lipinski definition) is 14. The molecule has 0 aromatic rings. The van der Waals surface area contributed by atoms with Gasteiger partial charge in [0.25, 0.3) is 0 Å². The molecule has 0 aliphatic carbocycles. The molecule has 9 N–H and O–H groups in total. The second-order valence-electron chi connectivity index (χ2n) is 17.4. The standard InChI is InChI=1S/C36H63N3O13S/c1-21(42)39-33(7)28(2,18-49-19-32(6)35(9,47)36(10,48)34(8,46)30(4,17-41)52-32)26(44)29(3,16-40)51-31(33,5)20-50-24(43)14-12-11-13-23-25-22(15-53-23)37-27(45)38-25/h22-23,25-26,40-41,44,46-48H,11-20H2,1-10H3,(H,39,42)(H2,37,38,45)/t22-,23?,25-,26?,28+,29?,30?,31?,32?,33?,34?,35?,36?/m0/s1. The van der Waals surface area contributed by atoms with Gasteiger partial charge in [0, 0.05) is 29.8 Å². The van der Waals surface area contributed by atoms with E-state index in [-0.39, 0.29) is 43.0 Å². The van der Waals surface area contributed by atoms with Crippen LogP contribution in [0.3, 0.4) is 0 Å². The maximum absolute atomic E-state index is 13.1. The van der Waals surface area contributed by atoms with Gasteiger partial charge >= 0.3 is 12.0 Å². The van der Waals surface area contributed by atoms with Gasteiger partial charge in [-0.05, 0) is 68.2 Å². The summed E-state index contributed by atoms with van der Waals surface area (Å²) in [6, 6.07) is 0.0362. The number of carbonyl (C=O) groups is 3. The van der Waals surface area contributed by atoms with Crippen LogP contribution in [-0.4, -0.2) is 156 Å². The van der Waals surface area contributed by atoms with Crippen LogP contribution in [0.25, 0.3) is 0 Å². The van der Waals surface area contributed by atoms with Crippen molar-refractivity contribution in [2.24, 2.45) is 5.41 Å². The smallest absolute Gasteiger partial charge is 0.315 e. The van der Waals surface area contributed by atoms with Crippen LogP contribution in [0.4, 0.5) is 4.79 Å². The first-order valence-corrected chi connectivity index (χ1v) is 19.4. The van der Waals surface area contributed by atoms with Gasteiger partial charge in [-0.2, -0.15) is 11.8 Å². The minimum absolute atomic E-state index is 0.0713. The maximum Gasteiger partial charge on any atom is 0.315 e. The summed E-state index contributed by atoms with van der Waals surface area (Å²) in [6.07, 6.45) is 0.749. The molecule has 4 aliphatic rings. The first kappa shape index (κ1) is 43.9. The monoisotopic (exact) mass is 777 g/mol. The van der Waals surface area contributed by atoms with Crippen molar-refractivity contribution in [2.45, 2.75) is 163 Å². The molecule has 4 heterocycles. The zero-order valence-electron chi connectivity index (χ0n) is 32.8. The molecular formula is C36H63N3O13S. The molecule has 0 aromatic heterocycles. The van der Waals surface area contributed by atoms with E-state index >= 15 is 0 Å². The topological polar surface area (TPSA) is 246 Å². The minimum Gasteiger partial charge on any atom is -0.463 e. The Hall–Kier alpha value is -1.80. The SMILES string of the molecule is CC(=O)NC1(C)C(C)(COC(=O)CCCCC2SC[C@@H]3NC(=O)N[C@H]23)OC(C)(CO)C(O)[C@@]1(C)COCC1(C)OC(C)(CO)C(C)(O)C(C)(O)C1(C)O. The highest BCUT2D eigenvalue weighted by molar-refractivity contribution is 8.00. The number of hydrogen-bond donors (Lipinski definition) is 9. The number of unbranched alkanes of at least 4 members (excludes halogenated alkanes) is 1. The largest absolute Gasteiger partial charge is 0.463 e. The summed E-state index contributed by atoms with van der Waals surface area (Å²) in [4.78, 5) is 37.6. The molecule has 4 fully saturated rings. The first-order chi connectivity index (χ1) is 24.2. The molecule has 306 valence electrons. The molecule has 0 bridgehead atoms. The third-order valence-corrected chi connectivity index (χ3v) is 15.1. The average Bonchev–Trinajstić information content (AvgIpc) is 3.62. The predicted octanol–water partition coefficient (Wildman–Crippen LogP) is -0.133. The molecule has 0 aromatic carbocycles. The maximum atomic E-state index is 13.1. The van der Waals surface area contributed by atoms with E-state index in [0.717, 1.165) is 18.6 Å². The van der Waals surface area contributed by atoms with Crippen LogP contribution in [0.1, 0.15) is 94.9 Å². The summed E-state index contributed by atoms with van der Waals surface area (Å²) in [5, 5.41) is 76.5. The Bertz CT molecular complexity index is 1400. The fourth-order valence-corrected chi connectivity index (χ4v) is 10.5. The van der Waals surface area contributed by atoms with E-state index in [4.69, 9.17) is 18.9 Å². The van der Waals surface area contributed by atoms with Crippen LogP contribution < -0.4 is 16.0 Å². The molecular weight excluding hydrogens is 714 g/mol. The van der Waals surface area contributed by atoms with E-state index in [2.05, 4.69) is 16.0 Å². The lowest BCUT2D eigenvalue weighted by Crippen LogP contribution is -2.85. The lowest BCUT2D eigenvalue weighted by atomic mass is 9.55. The van der Waals surface area contributed by atoms with Gasteiger partial charge in [0.05, 0.1) is 50.2 Å². The Kier molecular flexibility index (Phi) is 12.1. The van der Waals surface area contributed by atoms with Crippen molar-refractivity contribution in [3.63, 3.8) is 0 Å². The second kappa shape index (κ2) is 14.6.